The van der Waals surface area contributed by atoms with Crippen molar-refractivity contribution in [2.45, 2.75) is 20.8 Å². The van der Waals surface area contributed by atoms with Gasteiger partial charge in [-0.15, -0.1) is 11.3 Å². The number of aliphatic imine (C=N–C) groups is 1. The molecule has 2 N–H and O–H groups in total. The zero-order chi connectivity index (χ0) is 23.4. The minimum Gasteiger partial charge on any atom is -0.366 e. The number of nitrogens with zero attached hydrogens (tertiary/aromatic N) is 3. The molecule has 1 aliphatic heterocycles. The number of aromatic nitrogens is 3. The van der Waals surface area contributed by atoms with Crippen molar-refractivity contribution in [1.29, 1.82) is 0 Å². The summed E-state index contributed by atoms with van der Waals surface area (Å²) in [4.78, 5) is 19.9. The largest absolute Gasteiger partial charge is 0.366 e. The molecule has 0 radical (unpaired) electrons. The van der Waals surface area contributed by atoms with Crippen LogP contribution in [0.4, 0.5) is 10.1 Å². The van der Waals surface area contributed by atoms with E-state index in [1.165, 1.54) is 9.75 Å². The van der Waals surface area contributed by atoms with Crippen LogP contribution >= 0.6 is 11.3 Å². The highest BCUT2D eigenvalue weighted by Gasteiger charge is 2.23. The second kappa shape index (κ2) is 7.88. The number of thiophene rings is 1. The Balaban J connectivity index is 1.53. The maximum Gasteiger partial charge on any atom is 0.157 e. The highest BCUT2D eigenvalue weighted by atomic mass is 32.1. The van der Waals surface area contributed by atoms with Crippen molar-refractivity contribution >= 4 is 33.8 Å². The van der Waals surface area contributed by atoms with Crippen LogP contribution in [0.3, 0.4) is 0 Å². The van der Waals surface area contributed by atoms with Gasteiger partial charge in [0.1, 0.15) is 18.2 Å². The molecule has 1 aliphatic rings. The topological polar surface area (TPSA) is 66.0 Å². The lowest BCUT2D eigenvalue weighted by molar-refractivity contribution is 0.631. The Morgan fingerprint density at radius 3 is 2.59 bits per heavy atom. The SMILES string of the molecule is Cc1ccc(-c2ccc(C)c3nc(C4=NCNc5cc(F)c(-c6cnccc6C)cc54)[nH]c23)s1. The number of aryl methyl sites for hydroxylation is 3. The predicted octanol–water partition coefficient (Wildman–Crippen LogP) is 6.64. The van der Waals surface area contributed by atoms with Crippen LogP contribution in [-0.4, -0.2) is 27.3 Å². The Morgan fingerprint density at radius 2 is 1.79 bits per heavy atom. The lowest BCUT2D eigenvalue weighted by Gasteiger charge is -2.19. The lowest BCUT2D eigenvalue weighted by atomic mass is 9.96. The molecule has 6 rings (SSSR count). The number of benzene rings is 2. The maximum atomic E-state index is 15.1. The van der Waals surface area contributed by atoms with E-state index >= 15 is 4.39 Å². The molecule has 0 saturated carbocycles. The summed E-state index contributed by atoms with van der Waals surface area (Å²) in [5.74, 6) is 0.390. The van der Waals surface area contributed by atoms with Gasteiger partial charge >= 0.3 is 0 Å². The van der Waals surface area contributed by atoms with E-state index in [4.69, 9.17) is 9.98 Å². The molecule has 5 aromatic rings. The first kappa shape index (κ1) is 20.7. The van der Waals surface area contributed by atoms with Gasteiger partial charge in [0, 0.05) is 50.1 Å². The Labute approximate surface area is 200 Å². The van der Waals surface area contributed by atoms with Gasteiger partial charge in [-0.25, -0.2) is 9.37 Å². The van der Waals surface area contributed by atoms with Gasteiger partial charge in [0.05, 0.1) is 11.0 Å². The summed E-state index contributed by atoms with van der Waals surface area (Å²) in [5, 5.41) is 3.20. The molecule has 3 aromatic heterocycles. The van der Waals surface area contributed by atoms with E-state index in [9.17, 15) is 0 Å². The zero-order valence-corrected chi connectivity index (χ0v) is 19.8. The average molecular weight is 468 g/mol. The van der Waals surface area contributed by atoms with Crippen LogP contribution in [0.25, 0.3) is 32.6 Å². The quantitative estimate of drug-likeness (QED) is 0.313. The third-order valence-corrected chi connectivity index (χ3v) is 7.31. The molecule has 34 heavy (non-hydrogen) atoms. The van der Waals surface area contributed by atoms with Gasteiger partial charge in [0.2, 0.25) is 0 Å². The van der Waals surface area contributed by atoms with Gasteiger partial charge in [-0.1, -0.05) is 12.1 Å². The summed E-state index contributed by atoms with van der Waals surface area (Å²) in [7, 11) is 0. The van der Waals surface area contributed by atoms with Crippen molar-refractivity contribution in [3.05, 3.63) is 88.1 Å². The van der Waals surface area contributed by atoms with E-state index in [0.29, 0.717) is 23.7 Å². The highest BCUT2D eigenvalue weighted by molar-refractivity contribution is 7.15. The standard InChI is InChI=1S/C27H22FN5S/c1-14-8-9-29-12-20(14)18-10-19-22(11-21(18)28)30-13-31-26(19)27-32-24-15(2)4-6-17(25(24)33-27)23-7-5-16(3)34-23/h4-12,30H,13H2,1-3H3,(H,32,33). The zero-order valence-electron chi connectivity index (χ0n) is 19.0. The molecule has 0 fully saturated rings. The van der Waals surface area contributed by atoms with Crippen LogP contribution < -0.4 is 5.32 Å². The van der Waals surface area contributed by atoms with Crippen molar-refractivity contribution in [2.75, 3.05) is 12.0 Å². The highest BCUT2D eigenvalue weighted by Crippen LogP contribution is 2.36. The van der Waals surface area contributed by atoms with Gasteiger partial charge in [-0.05, 0) is 62.2 Å². The number of imidazole rings is 1. The molecule has 0 spiro atoms. The fourth-order valence-electron chi connectivity index (χ4n) is 4.48. The van der Waals surface area contributed by atoms with Crippen molar-refractivity contribution in [1.82, 2.24) is 15.0 Å². The Kier molecular flexibility index (Phi) is 4.81. The van der Waals surface area contributed by atoms with Crippen molar-refractivity contribution < 1.29 is 4.39 Å². The Hall–Kier alpha value is -3.84. The van der Waals surface area contributed by atoms with Crippen LogP contribution in [0, 0.1) is 26.6 Å². The fraction of sp³-hybridized carbons (Fsp3) is 0.148. The normalized spacial score (nSPS) is 13.0. The number of nitrogens with one attached hydrogen (secondary N) is 2. The molecule has 4 heterocycles. The summed E-state index contributed by atoms with van der Waals surface area (Å²) in [6, 6.07) is 13.8. The van der Waals surface area contributed by atoms with E-state index in [-0.39, 0.29) is 5.82 Å². The van der Waals surface area contributed by atoms with E-state index < -0.39 is 0 Å². The molecule has 0 saturated heterocycles. The Bertz CT molecular complexity index is 1610. The van der Waals surface area contributed by atoms with Crippen LogP contribution in [-0.2, 0) is 0 Å². The molecule has 0 amide bonds. The summed E-state index contributed by atoms with van der Waals surface area (Å²) in [6.07, 6.45) is 3.42. The number of rotatable bonds is 3. The number of H-pyrrole nitrogens is 1. The molecule has 0 unspecified atom stereocenters. The number of hydrogen-bond acceptors (Lipinski definition) is 5. The molecule has 168 valence electrons. The molecular formula is C27H22FN5S. The summed E-state index contributed by atoms with van der Waals surface area (Å²) >= 11 is 1.76. The van der Waals surface area contributed by atoms with Crippen LogP contribution in [0.1, 0.15) is 27.4 Å². The van der Waals surface area contributed by atoms with Gasteiger partial charge in [-0.3, -0.25) is 9.98 Å². The number of anilines is 1. The van der Waals surface area contributed by atoms with E-state index in [0.717, 1.165) is 44.6 Å². The van der Waals surface area contributed by atoms with Gasteiger partial charge in [-0.2, -0.15) is 0 Å². The monoisotopic (exact) mass is 467 g/mol. The molecule has 2 aromatic carbocycles. The molecule has 0 aliphatic carbocycles. The van der Waals surface area contributed by atoms with Gasteiger partial charge in [0.15, 0.2) is 5.82 Å². The third kappa shape index (κ3) is 3.31. The minimum atomic E-state index is -0.292. The summed E-state index contributed by atoms with van der Waals surface area (Å²) in [5.41, 5.74) is 8.61. The van der Waals surface area contributed by atoms with Gasteiger partial charge in [0.25, 0.3) is 0 Å². The molecule has 0 bridgehead atoms. The number of pyridine rings is 1. The maximum absolute atomic E-state index is 15.1. The number of aromatic amines is 1. The molecular weight excluding hydrogens is 445 g/mol. The first-order valence-electron chi connectivity index (χ1n) is 11.1. The van der Waals surface area contributed by atoms with E-state index in [1.54, 1.807) is 29.8 Å². The molecule has 7 heteroatoms. The summed E-state index contributed by atoms with van der Waals surface area (Å²) < 4.78 is 15.1. The van der Waals surface area contributed by atoms with E-state index in [2.05, 4.69) is 53.4 Å². The number of halogens is 1. The average Bonchev–Trinajstić information content (AvgIpc) is 3.46. The second-order valence-corrected chi connectivity index (χ2v) is 9.85. The van der Waals surface area contributed by atoms with Gasteiger partial charge < -0.3 is 10.3 Å². The van der Waals surface area contributed by atoms with Crippen molar-refractivity contribution in [3.63, 3.8) is 0 Å². The third-order valence-electron chi connectivity index (χ3n) is 6.28. The molecule has 0 atom stereocenters. The van der Waals surface area contributed by atoms with Crippen molar-refractivity contribution in [3.8, 4) is 21.6 Å². The fourth-order valence-corrected chi connectivity index (χ4v) is 5.38. The van der Waals surface area contributed by atoms with Crippen LogP contribution in [0.2, 0.25) is 0 Å². The van der Waals surface area contributed by atoms with E-state index in [1.807, 2.05) is 19.1 Å². The first-order valence-corrected chi connectivity index (χ1v) is 11.9. The predicted molar refractivity (Wildman–Crippen MR) is 137 cm³/mol. The minimum absolute atomic E-state index is 0.292. The number of fused-ring (bicyclic) bond motifs is 2. The summed E-state index contributed by atoms with van der Waals surface area (Å²) in [6.45, 7) is 6.49. The second-order valence-electron chi connectivity index (χ2n) is 8.56. The van der Waals surface area contributed by atoms with Crippen LogP contribution in [0.5, 0.6) is 0 Å². The smallest absolute Gasteiger partial charge is 0.157 e. The number of hydrogen-bond donors (Lipinski definition) is 2. The van der Waals surface area contributed by atoms with Crippen molar-refractivity contribution in [2.24, 2.45) is 4.99 Å². The lowest BCUT2D eigenvalue weighted by Crippen LogP contribution is -2.18. The molecule has 5 nitrogen and oxygen atoms in total. The van der Waals surface area contributed by atoms with Crippen LogP contribution in [0.15, 0.2) is 59.9 Å². The Morgan fingerprint density at radius 1 is 0.912 bits per heavy atom. The first-order chi connectivity index (χ1) is 16.5.